The Balaban J connectivity index is 1.57. The molecule has 2 aromatic carbocycles. The number of hydrogen-bond donors (Lipinski definition) is 2. The molecule has 0 fully saturated rings. The molecule has 2 N–H and O–H groups in total. The fourth-order valence-electron chi connectivity index (χ4n) is 2.84. The van der Waals surface area contributed by atoms with Gasteiger partial charge >= 0.3 is 11.8 Å². The van der Waals surface area contributed by atoms with E-state index < -0.39 is 11.8 Å². The smallest absolute Gasteiger partial charge is 0.313 e. The van der Waals surface area contributed by atoms with Crippen molar-refractivity contribution in [2.45, 2.75) is 13.0 Å². The summed E-state index contributed by atoms with van der Waals surface area (Å²) in [4.78, 5) is 26.4. The SMILES string of the molecule is Cc1nnc(-c2ccc(NC(=O)C(=O)NCC(c3ccccc3)N(C)C)cc2)o1. The number of amides is 2. The van der Waals surface area contributed by atoms with E-state index >= 15 is 0 Å². The van der Waals surface area contributed by atoms with Gasteiger partial charge in [-0.2, -0.15) is 0 Å². The molecule has 1 aromatic heterocycles. The molecule has 3 rings (SSSR count). The summed E-state index contributed by atoms with van der Waals surface area (Å²) >= 11 is 0. The molecule has 0 bridgehead atoms. The highest BCUT2D eigenvalue weighted by atomic mass is 16.4. The standard InChI is InChI=1S/C21H23N5O3/c1-14-24-25-21(29-14)16-9-11-17(12-10-16)23-20(28)19(27)22-13-18(26(2)3)15-7-5-4-6-8-15/h4-12,18H,13H2,1-3H3,(H,22,27)(H,23,28). The second-order valence-electron chi connectivity index (χ2n) is 6.76. The maximum atomic E-state index is 12.2. The summed E-state index contributed by atoms with van der Waals surface area (Å²) in [5.41, 5.74) is 2.28. The fourth-order valence-corrected chi connectivity index (χ4v) is 2.84. The van der Waals surface area contributed by atoms with Gasteiger partial charge in [-0.3, -0.25) is 9.59 Å². The van der Waals surface area contributed by atoms with E-state index in [0.717, 1.165) is 11.1 Å². The molecule has 0 aliphatic heterocycles. The fraction of sp³-hybridized carbons (Fsp3) is 0.238. The molecule has 8 nitrogen and oxygen atoms in total. The Bertz CT molecular complexity index is 967. The Kier molecular flexibility index (Phi) is 6.36. The molecule has 1 unspecified atom stereocenters. The molecule has 0 saturated carbocycles. The van der Waals surface area contributed by atoms with Gasteiger partial charge in [0.25, 0.3) is 0 Å². The van der Waals surface area contributed by atoms with E-state index in [-0.39, 0.29) is 6.04 Å². The summed E-state index contributed by atoms with van der Waals surface area (Å²) in [6.07, 6.45) is 0. The molecule has 8 heteroatoms. The lowest BCUT2D eigenvalue weighted by Gasteiger charge is -2.25. The number of likely N-dealkylation sites (N-methyl/N-ethyl adjacent to an activating group) is 1. The second kappa shape index (κ2) is 9.11. The predicted octanol–water partition coefficient (Wildman–Crippen LogP) is 2.40. The molecule has 150 valence electrons. The first-order valence-electron chi connectivity index (χ1n) is 9.15. The summed E-state index contributed by atoms with van der Waals surface area (Å²) < 4.78 is 5.36. The van der Waals surface area contributed by atoms with Gasteiger partial charge < -0.3 is 20.0 Å². The van der Waals surface area contributed by atoms with Crippen molar-refractivity contribution in [2.75, 3.05) is 26.0 Å². The third-order valence-corrected chi connectivity index (χ3v) is 4.39. The van der Waals surface area contributed by atoms with Crippen molar-refractivity contribution >= 4 is 17.5 Å². The third kappa shape index (κ3) is 5.26. The monoisotopic (exact) mass is 393 g/mol. The van der Waals surface area contributed by atoms with Crippen LogP contribution in [0.4, 0.5) is 5.69 Å². The number of hydrogen-bond acceptors (Lipinski definition) is 6. The number of nitrogens with zero attached hydrogens (tertiary/aromatic N) is 3. The molecule has 0 spiro atoms. The molecule has 2 amide bonds. The van der Waals surface area contributed by atoms with E-state index in [1.807, 2.05) is 49.3 Å². The first kappa shape index (κ1) is 20.2. The number of aromatic nitrogens is 2. The minimum atomic E-state index is -0.725. The zero-order chi connectivity index (χ0) is 20.8. The second-order valence-corrected chi connectivity index (χ2v) is 6.76. The van der Waals surface area contributed by atoms with Crippen LogP contribution in [0.2, 0.25) is 0 Å². The van der Waals surface area contributed by atoms with Crippen molar-refractivity contribution in [1.82, 2.24) is 20.4 Å². The number of nitrogens with one attached hydrogen (secondary N) is 2. The lowest BCUT2D eigenvalue weighted by atomic mass is 10.1. The first-order valence-corrected chi connectivity index (χ1v) is 9.15. The average Bonchev–Trinajstić information content (AvgIpc) is 3.15. The van der Waals surface area contributed by atoms with Gasteiger partial charge in [-0.25, -0.2) is 0 Å². The Morgan fingerprint density at radius 3 is 2.28 bits per heavy atom. The molecule has 1 atom stereocenters. The Labute approximate surface area is 168 Å². The van der Waals surface area contributed by atoms with Gasteiger partial charge in [-0.05, 0) is 43.9 Å². The van der Waals surface area contributed by atoms with Gasteiger partial charge in [-0.15, -0.1) is 10.2 Å². The van der Waals surface area contributed by atoms with Crippen LogP contribution in [0.5, 0.6) is 0 Å². The summed E-state index contributed by atoms with van der Waals surface area (Å²) in [5.74, 6) is -0.546. The van der Waals surface area contributed by atoms with E-state index in [4.69, 9.17) is 4.42 Å². The molecule has 1 heterocycles. The minimum Gasteiger partial charge on any atom is -0.421 e. The van der Waals surface area contributed by atoms with Crippen molar-refractivity contribution in [3.8, 4) is 11.5 Å². The molecular formula is C21H23N5O3. The zero-order valence-corrected chi connectivity index (χ0v) is 16.5. The molecule has 0 saturated heterocycles. The highest BCUT2D eigenvalue weighted by Crippen LogP contribution is 2.20. The minimum absolute atomic E-state index is 0.0369. The van der Waals surface area contributed by atoms with Crippen molar-refractivity contribution in [1.29, 1.82) is 0 Å². The first-order chi connectivity index (χ1) is 13.9. The van der Waals surface area contributed by atoms with Crippen molar-refractivity contribution in [3.05, 3.63) is 66.1 Å². The molecule has 0 aliphatic rings. The molecule has 0 radical (unpaired) electrons. The number of carbonyl (C=O) groups is 2. The van der Waals surface area contributed by atoms with Gasteiger partial charge in [0, 0.05) is 24.7 Å². The summed E-state index contributed by atoms with van der Waals surface area (Å²) in [5, 5.41) is 13.0. The Hall–Kier alpha value is -3.52. The summed E-state index contributed by atoms with van der Waals surface area (Å²) in [7, 11) is 3.85. The number of aryl methyl sites for hydroxylation is 1. The van der Waals surface area contributed by atoms with Crippen LogP contribution in [-0.2, 0) is 9.59 Å². The normalized spacial score (nSPS) is 11.9. The van der Waals surface area contributed by atoms with Crippen LogP contribution < -0.4 is 10.6 Å². The highest BCUT2D eigenvalue weighted by Gasteiger charge is 2.19. The largest absolute Gasteiger partial charge is 0.421 e. The number of rotatable bonds is 6. The lowest BCUT2D eigenvalue weighted by molar-refractivity contribution is -0.136. The maximum Gasteiger partial charge on any atom is 0.313 e. The van der Waals surface area contributed by atoms with Gasteiger partial charge in [0.1, 0.15) is 0 Å². The number of carbonyl (C=O) groups excluding carboxylic acids is 2. The topological polar surface area (TPSA) is 100 Å². The van der Waals surface area contributed by atoms with Gasteiger partial charge in [-0.1, -0.05) is 30.3 Å². The van der Waals surface area contributed by atoms with Crippen molar-refractivity contribution in [3.63, 3.8) is 0 Å². The molecule has 3 aromatic rings. The summed E-state index contributed by atoms with van der Waals surface area (Å²) in [6.45, 7) is 2.03. The van der Waals surface area contributed by atoms with E-state index in [2.05, 4.69) is 20.8 Å². The third-order valence-electron chi connectivity index (χ3n) is 4.39. The summed E-state index contributed by atoms with van der Waals surface area (Å²) in [6, 6.07) is 16.6. The Morgan fingerprint density at radius 1 is 1.00 bits per heavy atom. The van der Waals surface area contributed by atoms with E-state index in [1.165, 1.54) is 0 Å². The van der Waals surface area contributed by atoms with Crippen LogP contribution in [0.3, 0.4) is 0 Å². The van der Waals surface area contributed by atoms with Crippen LogP contribution >= 0.6 is 0 Å². The van der Waals surface area contributed by atoms with Gasteiger partial charge in [0.05, 0.1) is 6.04 Å². The van der Waals surface area contributed by atoms with Gasteiger partial charge in [0.2, 0.25) is 11.8 Å². The van der Waals surface area contributed by atoms with E-state index in [1.54, 1.807) is 31.2 Å². The molecule has 29 heavy (non-hydrogen) atoms. The van der Waals surface area contributed by atoms with Crippen molar-refractivity contribution < 1.29 is 14.0 Å². The zero-order valence-electron chi connectivity index (χ0n) is 16.5. The highest BCUT2D eigenvalue weighted by molar-refractivity contribution is 6.39. The van der Waals surface area contributed by atoms with Crippen LogP contribution in [0, 0.1) is 6.92 Å². The van der Waals surface area contributed by atoms with E-state index in [9.17, 15) is 9.59 Å². The quantitative estimate of drug-likeness (QED) is 0.624. The number of benzene rings is 2. The average molecular weight is 393 g/mol. The number of anilines is 1. The Morgan fingerprint density at radius 2 is 1.69 bits per heavy atom. The molecule has 0 aliphatic carbocycles. The van der Waals surface area contributed by atoms with Crippen molar-refractivity contribution in [2.24, 2.45) is 0 Å². The van der Waals surface area contributed by atoms with Crippen LogP contribution in [0.1, 0.15) is 17.5 Å². The van der Waals surface area contributed by atoms with Gasteiger partial charge in [0.15, 0.2) is 0 Å². The van der Waals surface area contributed by atoms with Crippen LogP contribution in [0.25, 0.3) is 11.5 Å². The molecular weight excluding hydrogens is 370 g/mol. The maximum absolute atomic E-state index is 12.2. The van der Waals surface area contributed by atoms with Crippen LogP contribution in [0.15, 0.2) is 59.0 Å². The lowest BCUT2D eigenvalue weighted by Crippen LogP contribution is -2.40. The van der Waals surface area contributed by atoms with Crippen LogP contribution in [-0.4, -0.2) is 47.6 Å². The predicted molar refractivity (Wildman–Crippen MR) is 109 cm³/mol. The van der Waals surface area contributed by atoms with E-state index in [0.29, 0.717) is 24.0 Å².